The topological polar surface area (TPSA) is 72.0 Å². The summed E-state index contributed by atoms with van der Waals surface area (Å²) >= 11 is 1.60. The van der Waals surface area contributed by atoms with Crippen molar-refractivity contribution >= 4 is 34.1 Å². The van der Waals surface area contributed by atoms with Crippen LogP contribution < -0.4 is 9.47 Å². The summed E-state index contributed by atoms with van der Waals surface area (Å²) in [6, 6.07) is 21.0. The summed E-state index contributed by atoms with van der Waals surface area (Å²) in [6.45, 7) is 2.00. The molecule has 2 aromatic heterocycles. The normalized spacial score (nSPS) is 17.4. The second kappa shape index (κ2) is 9.03. The van der Waals surface area contributed by atoms with E-state index in [0.717, 1.165) is 21.5 Å². The maximum absolute atomic E-state index is 13.6. The van der Waals surface area contributed by atoms with Crippen LogP contribution in [0.3, 0.4) is 0 Å². The molecule has 176 valence electrons. The third-order valence-electron chi connectivity index (χ3n) is 6.38. The summed E-state index contributed by atoms with van der Waals surface area (Å²) in [7, 11) is 0. The van der Waals surface area contributed by atoms with Gasteiger partial charge >= 0.3 is 0 Å². The van der Waals surface area contributed by atoms with Gasteiger partial charge in [-0.25, -0.2) is 4.98 Å². The number of para-hydroxylation sites is 3. The number of carbonyl (C=O) groups is 2. The second-order valence-electron chi connectivity index (χ2n) is 8.53. The minimum Gasteiger partial charge on any atom is -0.485 e. The molecule has 2 aromatic carbocycles. The number of amides is 2. The first-order valence-corrected chi connectivity index (χ1v) is 12.5. The van der Waals surface area contributed by atoms with Crippen molar-refractivity contribution in [1.82, 2.24) is 14.8 Å². The van der Waals surface area contributed by atoms with Gasteiger partial charge in [0.2, 0.25) is 6.10 Å². The maximum Gasteiger partial charge on any atom is 0.267 e. The van der Waals surface area contributed by atoms with Crippen molar-refractivity contribution in [3.8, 4) is 22.1 Å². The van der Waals surface area contributed by atoms with E-state index in [-0.39, 0.29) is 18.4 Å². The molecule has 0 bridgehead atoms. The van der Waals surface area contributed by atoms with Crippen LogP contribution in [-0.2, 0) is 4.79 Å². The lowest BCUT2D eigenvalue weighted by atomic mass is 10.1. The number of fused-ring (bicyclic) bond motifs is 2. The Balaban J connectivity index is 1.18. The third-order valence-corrected chi connectivity index (χ3v) is 7.28. The minimum atomic E-state index is -0.676. The number of nitrogens with zero attached hydrogens (tertiary/aromatic N) is 3. The van der Waals surface area contributed by atoms with Gasteiger partial charge in [-0.1, -0.05) is 36.4 Å². The molecule has 6 rings (SSSR count). The first-order chi connectivity index (χ1) is 17.2. The Labute approximate surface area is 206 Å². The molecule has 2 amide bonds. The van der Waals surface area contributed by atoms with E-state index in [0.29, 0.717) is 43.2 Å². The van der Waals surface area contributed by atoms with Gasteiger partial charge in [-0.15, -0.1) is 11.3 Å². The number of thiophene rings is 1. The molecule has 1 saturated heterocycles. The van der Waals surface area contributed by atoms with Crippen LogP contribution in [0.25, 0.3) is 21.5 Å². The Morgan fingerprint density at radius 2 is 1.63 bits per heavy atom. The van der Waals surface area contributed by atoms with Crippen LogP contribution in [0.5, 0.6) is 11.5 Å². The van der Waals surface area contributed by atoms with Crippen LogP contribution in [0.1, 0.15) is 10.4 Å². The molecule has 0 N–H and O–H groups in total. The lowest BCUT2D eigenvalue weighted by Crippen LogP contribution is -2.55. The Kier molecular flexibility index (Phi) is 5.58. The van der Waals surface area contributed by atoms with Gasteiger partial charge in [-0.2, -0.15) is 0 Å². The molecule has 0 spiro atoms. The zero-order valence-corrected chi connectivity index (χ0v) is 19.7. The highest BCUT2D eigenvalue weighted by Crippen LogP contribution is 2.32. The third kappa shape index (κ3) is 4.10. The maximum atomic E-state index is 13.6. The first-order valence-electron chi connectivity index (χ1n) is 11.6. The smallest absolute Gasteiger partial charge is 0.267 e. The molecule has 0 aliphatic carbocycles. The van der Waals surface area contributed by atoms with Gasteiger partial charge < -0.3 is 19.3 Å². The highest BCUT2D eigenvalue weighted by Gasteiger charge is 2.34. The van der Waals surface area contributed by atoms with Crippen molar-refractivity contribution in [1.29, 1.82) is 0 Å². The van der Waals surface area contributed by atoms with Gasteiger partial charge in [0.05, 0.1) is 21.7 Å². The Hall–Kier alpha value is -3.91. The number of aromatic nitrogens is 1. The van der Waals surface area contributed by atoms with Crippen LogP contribution in [0.15, 0.2) is 72.1 Å². The Morgan fingerprint density at radius 1 is 0.886 bits per heavy atom. The zero-order valence-electron chi connectivity index (χ0n) is 18.9. The largest absolute Gasteiger partial charge is 0.485 e. The number of carbonyl (C=O) groups excluding carboxylic acids is 2. The predicted octanol–water partition coefficient (Wildman–Crippen LogP) is 4.09. The fourth-order valence-corrected chi connectivity index (χ4v) is 5.23. The molecule has 1 fully saturated rings. The lowest BCUT2D eigenvalue weighted by molar-refractivity contribution is -0.142. The van der Waals surface area contributed by atoms with E-state index in [1.807, 2.05) is 70.9 Å². The van der Waals surface area contributed by atoms with E-state index in [2.05, 4.69) is 0 Å². The molecule has 0 unspecified atom stereocenters. The van der Waals surface area contributed by atoms with Gasteiger partial charge in [0.15, 0.2) is 11.5 Å². The minimum absolute atomic E-state index is 0.0420. The predicted molar refractivity (Wildman–Crippen MR) is 134 cm³/mol. The number of hydrogen-bond donors (Lipinski definition) is 0. The SMILES string of the molecule is O=C(c1cc(-c2cccs2)nc2ccccc12)N1CCN(C(=O)[C@@H]2COc3ccccc3O2)CC1. The fraction of sp³-hybridized carbons (Fsp3) is 0.222. The van der Waals surface area contributed by atoms with Gasteiger partial charge in [-0.05, 0) is 35.7 Å². The van der Waals surface area contributed by atoms with E-state index < -0.39 is 6.10 Å². The van der Waals surface area contributed by atoms with E-state index in [9.17, 15) is 9.59 Å². The van der Waals surface area contributed by atoms with Gasteiger partial charge in [0.1, 0.15) is 6.61 Å². The number of hydrogen-bond acceptors (Lipinski definition) is 6. The van der Waals surface area contributed by atoms with E-state index >= 15 is 0 Å². The van der Waals surface area contributed by atoms with Gasteiger partial charge in [-0.3, -0.25) is 9.59 Å². The molecule has 4 heterocycles. The van der Waals surface area contributed by atoms with Crippen LogP contribution in [0.2, 0.25) is 0 Å². The molecule has 4 aromatic rings. The molecule has 8 heteroatoms. The van der Waals surface area contributed by atoms with Crippen molar-refractivity contribution in [2.24, 2.45) is 0 Å². The standard InChI is InChI=1S/C27H23N3O4S/c31-26(19-16-21(25-10-5-15-35-25)28-20-7-2-1-6-18(19)20)29-11-13-30(14-12-29)27(32)24-17-33-22-8-3-4-9-23(22)34-24/h1-10,15-16,24H,11-14,17H2/t24-/m0/s1. The molecule has 7 nitrogen and oxygen atoms in total. The molecule has 2 aliphatic rings. The van der Waals surface area contributed by atoms with Crippen molar-refractivity contribution in [2.75, 3.05) is 32.8 Å². The number of pyridine rings is 1. The average Bonchev–Trinajstić information content (AvgIpc) is 3.47. The summed E-state index contributed by atoms with van der Waals surface area (Å²) in [5.74, 6) is 1.08. The number of rotatable bonds is 3. The summed E-state index contributed by atoms with van der Waals surface area (Å²) in [4.78, 5) is 36.0. The fourth-order valence-electron chi connectivity index (χ4n) is 4.55. The van der Waals surface area contributed by atoms with E-state index in [4.69, 9.17) is 14.5 Å². The summed E-state index contributed by atoms with van der Waals surface area (Å²) in [6.07, 6.45) is -0.676. The van der Waals surface area contributed by atoms with Crippen molar-refractivity contribution in [3.63, 3.8) is 0 Å². The molecule has 0 radical (unpaired) electrons. The average molecular weight is 486 g/mol. The quantitative estimate of drug-likeness (QED) is 0.437. The van der Waals surface area contributed by atoms with Gasteiger partial charge in [0, 0.05) is 31.6 Å². The number of benzene rings is 2. The van der Waals surface area contributed by atoms with E-state index in [1.54, 1.807) is 22.3 Å². The second-order valence-corrected chi connectivity index (χ2v) is 9.48. The summed E-state index contributed by atoms with van der Waals surface area (Å²) in [5.41, 5.74) is 2.23. The van der Waals surface area contributed by atoms with Crippen LogP contribution in [0, 0.1) is 0 Å². The highest BCUT2D eigenvalue weighted by atomic mass is 32.1. The monoisotopic (exact) mass is 485 g/mol. The molecular weight excluding hydrogens is 462 g/mol. The highest BCUT2D eigenvalue weighted by molar-refractivity contribution is 7.13. The van der Waals surface area contributed by atoms with Crippen molar-refractivity contribution in [3.05, 3.63) is 77.7 Å². The van der Waals surface area contributed by atoms with Crippen LogP contribution in [0.4, 0.5) is 0 Å². The zero-order chi connectivity index (χ0) is 23.8. The van der Waals surface area contributed by atoms with Crippen LogP contribution >= 0.6 is 11.3 Å². The van der Waals surface area contributed by atoms with Crippen molar-refractivity contribution in [2.45, 2.75) is 6.10 Å². The first kappa shape index (κ1) is 21.6. The Bertz CT molecular complexity index is 1400. The van der Waals surface area contributed by atoms with E-state index in [1.165, 1.54) is 0 Å². The summed E-state index contributed by atoms with van der Waals surface area (Å²) < 4.78 is 11.6. The Morgan fingerprint density at radius 3 is 2.43 bits per heavy atom. The number of piperazine rings is 1. The van der Waals surface area contributed by atoms with Gasteiger partial charge in [0.25, 0.3) is 11.8 Å². The molecule has 0 saturated carbocycles. The molecule has 35 heavy (non-hydrogen) atoms. The molecule has 1 atom stereocenters. The van der Waals surface area contributed by atoms with Crippen LogP contribution in [-0.4, -0.2) is 65.5 Å². The number of ether oxygens (including phenoxy) is 2. The molecular formula is C27H23N3O4S. The lowest BCUT2D eigenvalue weighted by Gasteiger charge is -2.37. The molecule has 2 aliphatic heterocycles. The van der Waals surface area contributed by atoms with Crippen molar-refractivity contribution < 1.29 is 19.1 Å². The summed E-state index contributed by atoms with van der Waals surface area (Å²) in [5, 5.41) is 2.84.